The lowest BCUT2D eigenvalue weighted by Gasteiger charge is -2.01. The summed E-state index contributed by atoms with van der Waals surface area (Å²) in [6, 6.07) is 3.34. The highest BCUT2D eigenvalue weighted by Gasteiger charge is 2.33. The van der Waals surface area contributed by atoms with Crippen LogP contribution in [0.15, 0.2) is 16.3 Å². The van der Waals surface area contributed by atoms with E-state index in [2.05, 4.69) is 12.2 Å². The van der Waals surface area contributed by atoms with Gasteiger partial charge in [0.1, 0.15) is 4.21 Å². The van der Waals surface area contributed by atoms with Gasteiger partial charge in [-0.3, -0.25) is 4.79 Å². The Morgan fingerprint density at radius 3 is 2.71 bits per heavy atom. The third-order valence-electron chi connectivity index (χ3n) is 2.67. The fourth-order valence-corrected chi connectivity index (χ4v) is 3.64. The van der Waals surface area contributed by atoms with Crippen LogP contribution in [-0.2, 0) is 20.3 Å². The maximum absolute atomic E-state index is 11.6. The number of amides is 1. The average Bonchev–Trinajstić information content (AvgIpc) is 2.71. The Morgan fingerprint density at radius 1 is 1.59 bits per heavy atom. The minimum atomic E-state index is -3.68. The Morgan fingerprint density at radius 2 is 2.24 bits per heavy atom. The first-order valence-corrected chi connectivity index (χ1v) is 8.31. The van der Waals surface area contributed by atoms with E-state index in [1.165, 1.54) is 6.07 Å². The first-order valence-electron chi connectivity index (χ1n) is 5.19. The first kappa shape index (κ1) is 12.9. The molecule has 1 N–H and O–H groups in total. The second kappa shape index (κ2) is 4.59. The summed E-state index contributed by atoms with van der Waals surface area (Å²) in [6.45, 7) is 2.08. The monoisotopic (exact) mass is 293 g/mol. The number of thiophene rings is 1. The van der Waals surface area contributed by atoms with Crippen molar-refractivity contribution in [3.63, 3.8) is 0 Å². The molecule has 1 heterocycles. The second-order valence-electron chi connectivity index (χ2n) is 4.22. The van der Waals surface area contributed by atoms with Crippen LogP contribution < -0.4 is 5.32 Å². The minimum absolute atomic E-state index is 0.0697. The zero-order valence-corrected chi connectivity index (χ0v) is 11.5. The average molecular weight is 294 g/mol. The van der Waals surface area contributed by atoms with Crippen LogP contribution >= 0.6 is 22.0 Å². The Labute approximate surface area is 108 Å². The topological polar surface area (TPSA) is 63.2 Å². The van der Waals surface area contributed by atoms with Crippen LogP contribution in [0.1, 0.15) is 18.2 Å². The van der Waals surface area contributed by atoms with E-state index in [0.717, 1.165) is 17.8 Å². The van der Waals surface area contributed by atoms with Gasteiger partial charge in [-0.25, -0.2) is 8.42 Å². The molecule has 17 heavy (non-hydrogen) atoms. The molecule has 1 aliphatic carbocycles. The fraction of sp³-hybridized carbons (Fsp3) is 0.500. The lowest BCUT2D eigenvalue weighted by molar-refractivity contribution is -0.120. The molecule has 1 fully saturated rings. The van der Waals surface area contributed by atoms with Crippen molar-refractivity contribution in [1.29, 1.82) is 0 Å². The summed E-state index contributed by atoms with van der Waals surface area (Å²) in [4.78, 5) is 12.3. The van der Waals surface area contributed by atoms with Gasteiger partial charge in [0.25, 0.3) is 9.05 Å². The molecule has 0 spiro atoms. The molecular formula is C10H12ClNO3S2. The Balaban J connectivity index is 1.95. The molecule has 0 aliphatic heterocycles. The van der Waals surface area contributed by atoms with E-state index in [0.29, 0.717) is 16.8 Å². The third kappa shape index (κ3) is 3.43. The molecule has 4 nitrogen and oxygen atoms in total. The fourth-order valence-electron chi connectivity index (χ4n) is 1.52. The quantitative estimate of drug-likeness (QED) is 0.860. The van der Waals surface area contributed by atoms with Crippen molar-refractivity contribution in [2.45, 2.75) is 30.0 Å². The van der Waals surface area contributed by atoms with E-state index in [1.54, 1.807) is 6.07 Å². The van der Waals surface area contributed by atoms with Crippen molar-refractivity contribution >= 4 is 37.0 Å². The summed E-state index contributed by atoms with van der Waals surface area (Å²) in [5.74, 6) is 0.487. The zero-order chi connectivity index (χ0) is 12.6. The summed E-state index contributed by atoms with van der Waals surface area (Å²) in [6.07, 6.45) is 1.23. The number of rotatable bonds is 4. The van der Waals surface area contributed by atoms with Gasteiger partial charge in [0, 0.05) is 21.6 Å². The van der Waals surface area contributed by atoms with Crippen molar-refractivity contribution in [1.82, 2.24) is 5.32 Å². The molecule has 1 aromatic heterocycles. The summed E-state index contributed by atoms with van der Waals surface area (Å²) >= 11 is 1.04. The van der Waals surface area contributed by atoms with Gasteiger partial charge in [-0.2, -0.15) is 0 Å². The minimum Gasteiger partial charge on any atom is -0.353 e. The van der Waals surface area contributed by atoms with Crippen molar-refractivity contribution in [3.05, 3.63) is 17.0 Å². The van der Waals surface area contributed by atoms with E-state index >= 15 is 0 Å². The van der Waals surface area contributed by atoms with Crippen LogP contribution in [0, 0.1) is 5.92 Å². The first-order chi connectivity index (χ1) is 7.86. The molecule has 94 valence electrons. The number of hydrogen-bond donors (Lipinski definition) is 1. The molecule has 1 aliphatic rings. The number of halogens is 1. The maximum atomic E-state index is 11.6. The molecule has 1 aromatic rings. The number of hydrogen-bond acceptors (Lipinski definition) is 4. The lowest BCUT2D eigenvalue weighted by atomic mass is 10.3. The molecule has 1 amide bonds. The molecule has 0 aromatic carbocycles. The van der Waals surface area contributed by atoms with Gasteiger partial charge in [-0.15, -0.1) is 11.3 Å². The molecule has 0 radical (unpaired) electrons. The van der Waals surface area contributed by atoms with Gasteiger partial charge in [-0.1, -0.05) is 6.92 Å². The summed E-state index contributed by atoms with van der Waals surface area (Å²) in [5, 5.41) is 2.89. The molecule has 2 rings (SSSR count). The van der Waals surface area contributed by atoms with Crippen molar-refractivity contribution in [3.8, 4) is 0 Å². The number of nitrogens with one attached hydrogen (secondary N) is 1. The predicted molar refractivity (Wildman–Crippen MR) is 66.8 cm³/mol. The largest absolute Gasteiger partial charge is 0.353 e. The normalized spacial score (nSPS) is 23.4. The molecule has 0 bridgehead atoms. The Hall–Kier alpha value is -0.590. The van der Waals surface area contributed by atoms with Gasteiger partial charge < -0.3 is 5.32 Å². The molecule has 2 unspecified atom stereocenters. The van der Waals surface area contributed by atoms with Crippen LogP contribution in [0.5, 0.6) is 0 Å². The Bertz CT molecular complexity index is 538. The molecule has 7 heteroatoms. The highest BCUT2D eigenvalue weighted by atomic mass is 35.7. The van der Waals surface area contributed by atoms with Gasteiger partial charge >= 0.3 is 0 Å². The van der Waals surface area contributed by atoms with Gasteiger partial charge in [0.05, 0.1) is 6.42 Å². The van der Waals surface area contributed by atoms with E-state index in [-0.39, 0.29) is 16.5 Å². The van der Waals surface area contributed by atoms with E-state index in [1.807, 2.05) is 0 Å². The molecule has 0 saturated heterocycles. The lowest BCUT2D eigenvalue weighted by Crippen LogP contribution is -2.27. The number of carbonyl (C=O) groups is 1. The molecule has 1 saturated carbocycles. The zero-order valence-electron chi connectivity index (χ0n) is 9.14. The maximum Gasteiger partial charge on any atom is 0.270 e. The van der Waals surface area contributed by atoms with Crippen LogP contribution in [0.3, 0.4) is 0 Å². The highest BCUT2D eigenvalue weighted by Crippen LogP contribution is 2.29. The molecule has 2 atom stereocenters. The summed E-state index contributed by atoms with van der Waals surface area (Å²) in [7, 11) is 1.53. The van der Waals surface area contributed by atoms with Gasteiger partial charge in [0.2, 0.25) is 5.91 Å². The number of carbonyl (C=O) groups excluding carboxylic acids is 1. The Kier molecular flexibility index (Phi) is 3.47. The van der Waals surface area contributed by atoms with E-state index < -0.39 is 9.05 Å². The van der Waals surface area contributed by atoms with Gasteiger partial charge in [0.15, 0.2) is 0 Å². The van der Waals surface area contributed by atoms with Crippen LogP contribution in [0.25, 0.3) is 0 Å². The van der Waals surface area contributed by atoms with Gasteiger partial charge in [-0.05, 0) is 24.5 Å². The smallest absolute Gasteiger partial charge is 0.270 e. The summed E-state index contributed by atoms with van der Waals surface area (Å²) < 4.78 is 22.2. The van der Waals surface area contributed by atoms with E-state index in [9.17, 15) is 13.2 Å². The summed E-state index contributed by atoms with van der Waals surface area (Å²) in [5.41, 5.74) is 0. The van der Waals surface area contributed by atoms with E-state index in [4.69, 9.17) is 10.7 Å². The standard InChI is InChI=1S/C10H12ClNO3S2/c1-6-4-8(6)12-9(13)5-7-2-3-10(16-7)17(11,14)15/h2-3,6,8H,4-5H2,1H3,(H,12,13). The molecular weight excluding hydrogens is 282 g/mol. The van der Waals surface area contributed by atoms with Crippen molar-refractivity contribution in [2.75, 3.05) is 0 Å². The predicted octanol–water partition coefficient (Wildman–Crippen LogP) is 1.74. The van der Waals surface area contributed by atoms with Crippen LogP contribution in [0.2, 0.25) is 0 Å². The van der Waals surface area contributed by atoms with Crippen LogP contribution in [-0.4, -0.2) is 20.4 Å². The SMILES string of the molecule is CC1CC1NC(=O)Cc1ccc(S(=O)(=O)Cl)s1. The van der Waals surface area contributed by atoms with Crippen LogP contribution in [0.4, 0.5) is 0 Å². The second-order valence-corrected chi connectivity index (χ2v) is 8.18. The van der Waals surface area contributed by atoms with Crippen molar-refractivity contribution in [2.24, 2.45) is 5.92 Å². The van der Waals surface area contributed by atoms with Crippen molar-refractivity contribution < 1.29 is 13.2 Å². The highest BCUT2D eigenvalue weighted by molar-refractivity contribution is 8.15. The third-order valence-corrected chi connectivity index (χ3v) is 5.85.